The summed E-state index contributed by atoms with van der Waals surface area (Å²) in [6.45, 7) is 1.69. The average molecular weight is 743 g/mol. The monoisotopic (exact) mass is 742 g/mol. The van der Waals surface area contributed by atoms with E-state index in [9.17, 15) is 44.4 Å². The van der Waals surface area contributed by atoms with Gasteiger partial charge >= 0.3 is 94.6 Å². The first-order valence-corrected chi connectivity index (χ1v) is 16.2. The van der Waals surface area contributed by atoms with Crippen LogP contribution in [0, 0.1) is 0 Å². The number of aliphatic imine (C=N–C) groups is 1. The maximum atomic E-state index is 13.1. The van der Waals surface area contributed by atoms with Crippen molar-refractivity contribution in [2.75, 3.05) is 23.0 Å². The number of carboxylic acids is 3. The number of H-pyrrole nitrogens is 1. The molecule has 24 heteroatoms. The fraction of sp³-hybridized carbons (Fsp3) is 0.333. The van der Waals surface area contributed by atoms with Crippen molar-refractivity contribution in [2.45, 2.75) is 28.0 Å². The van der Waals surface area contributed by atoms with Crippen molar-refractivity contribution < 1.29 is 133 Å². The van der Waals surface area contributed by atoms with Crippen molar-refractivity contribution in [3.63, 3.8) is 0 Å². The number of nitrogens with zero attached hydrogens (tertiary/aromatic N) is 4. The van der Waals surface area contributed by atoms with Gasteiger partial charge in [0.05, 0.1) is 27.4 Å². The molecule has 2 aliphatic rings. The zero-order chi connectivity index (χ0) is 30.7. The first-order valence-electron chi connectivity index (χ1n) is 11.4. The Morgan fingerprint density at radius 1 is 1.24 bits per heavy atom. The van der Waals surface area contributed by atoms with Crippen molar-refractivity contribution in [1.29, 1.82) is 0 Å². The van der Waals surface area contributed by atoms with Crippen LogP contribution in [0.3, 0.4) is 0 Å². The molecule has 2 aromatic heterocycles. The Balaban J connectivity index is 0.00000337. The van der Waals surface area contributed by atoms with Gasteiger partial charge in [-0.25, -0.2) is 9.78 Å². The molecule has 1 fully saturated rings. The first-order chi connectivity index (χ1) is 19.9. The fourth-order valence-electron chi connectivity index (χ4n) is 3.64. The molecule has 1 amide bonds. The van der Waals surface area contributed by atoms with E-state index in [4.69, 9.17) is 10.6 Å². The number of nitrogens with two attached hydrogens (primary N) is 1. The summed E-state index contributed by atoms with van der Waals surface area (Å²) in [5.74, 6) is -6.24. The number of β-lactam (4-membered cyclic amide) rings is 1. The third-order valence-corrected chi connectivity index (χ3v) is 10.6. The molecule has 3 atom stereocenters. The van der Waals surface area contributed by atoms with Crippen LogP contribution in [0.1, 0.15) is 23.0 Å². The van der Waals surface area contributed by atoms with Gasteiger partial charge in [-0.1, -0.05) is 23.6 Å². The van der Waals surface area contributed by atoms with Crippen LogP contribution in [0.15, 0.2) is 35.8 Å². The number of carbonyl (C=O) groups excluding carboxylic acids is 3. The van der Waals surface area contributed by atoms with Crippen molar-refractivity contribution >= 4 is 98.7 Å². The third-order valence-electron chi connectivity index (χ3n) is 5.44. The Labute approximate surface area is 341 Å². The molecule has 2 aliphatic heterocycles. The van der Waals surface area contributed by atoms with Crippen LogP contribution in [-0.2, 0) is 19.2 Å². The largest absolute Gasteiger partial charge is 1.00 e. The number of oxime groups is 1. The number of rotatable bonds is 13. The van der Waals surface area contributed by atoms with E-state index in [1.54, 1.807) is 6.92 Å². The molecule has 0 aliphatic carbocycles. The second-order valence-corrected chi connectivity index (χ2v) is 13.4. The number of aromatic amines is 1. The summed E-state index contributed by atoms with van der Waals surface area (Å²) in [5, 5.41) is 49.9. The summed E-state index contributed by atoms with van der Waals surface area (Å²) in [6.07, 6.45) is 0. The van der Waals surface area contributed by atoms with Crippen LogP contribution >= 0.6 is 58.2 Å². The van der Waals surface area contributed by atoms with Gasteiger partial charge in [0.15, 0.2) is 11.2 Å². The molecule has 16 nitrogen and oxygen atoms in total. The van der Waals surface area contributed by atoms with Crippen LogP contribution < -0.4 is 115 Å². The topological polar surface area (TPSA) is 267 Å². The van der Waals surface area contributed by atoms with Crippen LogP contribution in [0.25, 0.3) is 0 Å². The van der Waals surface area contributed by atoms with Crippen molar-refractivity contribution in [1.82, 2.24) is 14.3 Å². The number of nitrogens with one attached hydrogen (secondary N) is 1. The summed E-state index contributed by atoms with van der Waals surface area (Å²) in [6, 6.07) is -1.31. The Morgan fingerprint density at radius 2 is 1.93 bits per heavy atom. The van der Waals surface area contributed by atoms with Gasteiger partial charge < -0.3 is 40.6 Å². The standard InChI is InChI=1S/C21H20N6O10S5.3Na/c1-2-38-19(18(35)36)37-25-9(7-5-41-21(22)23-7)13(29)24-10-14(30)27-11(17(33)34)6(3-39-15(10)27)4-40-20-8(16(31)32)12(28)26-42-20;;;/h5,10,15,19H,2-4H2,1H3,(H2,22,23)(H,24,29)(H,26,28)(H,31,32)(H,33,34)(H,35,36);;;/q;3*+1/p-3/b25-9+;;;/t10-,15-,19?;;;/m1.../s1. The summed E-state index contributed by atoms with van der Waals surface area (Å²) in [7, 11) is 0. The van der Waals surface area contributed by atoms with Gasteiger partial charge in [0.25, 0.3) is 16.9 Å². The summed E-state index contributed by atoms with van der Waals surface area (Å²) >= 11 is 4.60. The van der Waals surface area contributed by atoms with Gasteiger partial charge in [-0.3, -0.25) is 23.9 Å². The number of nitrogen functional groups attached to an aromatic ring is 1. The van der Waals surface area contributed by atoms with E-state index >= 15 is 0 Å². The van der Waals surface area contributed by atoms with E-state index in [-0.39, 0.29) is 121 Å². The maximum Gasteiger partial charge on any atom is 1.00 e. The zero-order valence-electron chi connectivity index (χ0n) is 24.0. The Bertz CT molecular complexity index is 1590. The molecule has 4 rings (SSSR count). The number of thiazole rings is 1. The molecular weight excluding hydrogens is 726 g/mol. The minimum absolute atomic E-state index is 0. The molecule has 4 heterocycles. The smallest absolute Gasteiger partial charge is 0.857 e. The minimum atomic E-state index is -1.68. The number of amides is 1. The molecule has 0 radical (unpaired) electrons. The van der Waals surface area contributed by atoms with Crippen LogP contribution in [0.4, 0.5) is 5.13 Å². The van der Waals surface area contributed by atoms with Crippen LogP contribution in [0.5, 0.6) is 0 Å². The molecule has 0 aromatic carbocycles. The molecule has 1 saturated heterocycles. The van der Waals surface area contributed by atoms with Gasteiger partial charge in [0, 0.05) is 22.8 Å². The SMILES string of the molecule is CCSC(O/N=C(/C([O-])=N[C@@H]1C(=O)N2C(C(=O)[O-])=C(CSc3s[nH]c(=O)c3C(=O)[O-])CS[C@H]12)c1csc(N)n1)C(=O)O.[Na+].[Na+].[Na+]. The van der Waals surface area contributed by atoms with Gasteiger partial charge in [-0.15, -0.1) is 46.6 Å². The Kier molecular flexibility index (Phi) is 17.8. The molecule has 1 unspecified atom stereocenters. The Hall–Kier alpha value is -0.530. The molecule has 0 saturated carbocycles. The van der Waals surface area contributed by atoms with E-state index in [0.29, 0.717) is 5.75 Å². The summed E-state index contributed by atoms with van der Waals surface area (Å²) in [4.78, 5) is 73.3. The number of aromatic carboxylic acids is 1. The zero-order valence-corrected chi connectivity index (χ0v) is 34.0. The van der Waals surface area contributed by atoms with Gasteiger partial charge in [0.2, 0.25) is 0 Å². The predicted octanol–water partition coefficient (Wildman–Crippen LogP) is -11.4. The number of thioether (sulfide) groups is 3. The number of carbonyl (C=O) groups is 4. The van der Waals surface area contributed by atoms with Gasteiger partial charge in [0.1, 0.15) is 16.8 Å². The number of aromatic nitrogens is 2. The molecule has 0 spiro atoms. The van der Waals surface area contributed by atoms with E-state index in [1.807, 2.05) is 0 Å². The number of aliphatic carboxylic acids is 2. The molecular formula is C21H17N6Na3O10S5. The number of carboxylic acid groups (broad SMARTS) is 3. The van der Waals surface area contributed by atoms with Gasteiger partial charge in [-0.05, 0) is 11.3 Å². The number of anilines is 1. The average Bonchev–Trinajstić information content (AvgIpc) is 3.53. The Morgan fingerprint density at radius 3 is 2.49 bits per heavy atom. The van der Waals surface area contributed by atoms with Crippen molar-refractivity contribution in [2.24, 2.45) is 10.1 Å². The predicted molar refractivity (Wildman–Crippen MR) is 150 cm³/mol. The molecule has 224 valence electrons. The molecule has 45 heavy (non-hydrogen) atoms. The minimum Gasteiger partial charge on any atom is -0.857 e. The van der Waals surface area contributed by atoms with E-state index in [1.165, 1.54) is 5.38 Å². The first kappa shape index (κ1) is 42.5. The summed E-state index contributed by atoms with van der Waals surface area (Å²) in [5.41, 5.74) is 2.00. The molecule has 4 N–H and O–H groups in total. The number of hydrogen-bond acceptors (Lipinski definition) is 18. The van der Waals surface area contributed by atoms with Crippen LogP contribution in [-0.4, -0.2) is 88.9 Å². The van der Waals surface area contributed by atoms with E-state index in [0.717, 1.165) is 63.1 Å². The molecule has 0 bridgehead atoms. The second kappa shape index (κ2) is 18.9. The van der Waals surface area contributed by atoms with Crippen molar-refractivity contribution in [3.05, 3.63) is 38.3 Å². The normalized spacial score (nSPS) is 18.4. The van der Waals surface area contributed by atoms with Crippen molar-refractivity contribution in [3.8, 4) is 0 Å². The fourth-order valence-corrected chi connectivity index (χ4v) is 8.17. The van der Waals surface area contributed by atoms with E-state index < -0.39 is 69.1 Å². The van der Waals surface area contributed by atoms with Gasteiger partial charge in [-0.2, -0.15) is 0 Å². The number of fused-ring (bicyclic) bond motifs is 1. The second-order valence-electron chi connectivity index (χ2n) is 8.04. The number of hydrogen-bond donors (Lipinski definition) is 3. The maximum absolute atomic E-state index is 13.1. The molecule has 2 aromatic rings. The third kappa shape index (κ3) is 9.77. The van der Waals surface area contributed by atoms with E-state index in [2.05, 4.69) is 19.5 Å². The quantitative estimate of drug-likeness (QED) is 0.0327. The van der Waals surface area contributed by atoms with Crippen LogP contribution in [0.2, 0.25) is 0 Å². The summed E-state index contributed by atoms with van der Waals surface area (Å²) < 4.78 is 2.35.